The number of furan rings is 1. The summed E-state index contributed by atoms with van der Waals surface area (Å²) in [6, 6.07) is 76.6. The van der Waals surface area contributed by atoms with Crippen molar-refractivity contribution >= 4 is 71.1 Å². The molecule has 2 nitrogen and oxygen atoms in total. The summed E-state index contributed by atoms with van der Waals surface area (Å²) in [6.07, 6.45) is 0. The largest absolute Gasteiger partial charge is 0.456 e. The average molecular weight is 714 g/mol. The third-order valence-corrected chi connectivity index (χ3v) is 11.2. The molecule has 262 valence electrons. The Hall–Kier alpha value is -7.42. The number of hydrogen-bond acceptors (Lipinski definition) is 2. The van der Waals surface area contributed by atoms with Gasteiger partial charge in [0.25, 0.3) is 0 Å². The Labute approximate surface area is 325 Å². The molecule has 0 aliphatic rings. The predicted octanol–water partition coefficient (Wildman–Crippen LogP) is 15.5. The fraction of sp³-hybridized carbons (Fsp3) is 0. The highest BCUT2D eigenvalue weighted by molar-refractivity contribution is 6.10. The molecule has 0 N–H and O–H groups in total. The zero-order valence-electron chi connectivity index (χ0n) is 30.6. The van der Waals surface area contributed by atoms with Crippen LogP contribution >= 0.6 is 0 Å². The Balaban J connectivity index is 1.04. The van der Waals surface area contributed by atoms with Crippen molar-refractivity contribution in [1.29, 1.82) is 0 Å². The molecule has 0 aliphatic carbocycles. The molecule has 0 unspecified atom stereocenters. The summed E-state index contributed by atoms with van der Waals surface area (Å²) in [7, 11) is 0. The van der Waals surface area contributed by atoms with Crippen molar-refractivity contribution in [2.75, 3.05) is 4.90 Å². The summed E-state index contributed by atoms with van der Waals surface area (Å²) in [5.74, 6) is 0.872. The van der Waals surface area contributed by atoms with Gasteiger partial charge < -0.3 is 9.32 Å². The van der Waals surface area contributed by atoms with Gasteiger partial charge in [-0.3, -0.25) is 0 Å². The van der Waals surface area contributed by atoms with Crippen LogP contribution in [0.5, 0.6) is 0 Å². The maximum atomic E-state index is 6.28. The molecule has 0 saturated carbocycles. The van der Waals surface area contributed by atoms with Gasteiger partial charge in [0.2, 0.25) is 0 Å². The first-order valence-electron chi connectivity index (χ1n) is 19.2. The Kier molecular flexibility index (Phi) is 7.53. The number of fused-ring (bicyclic) bond motifs is 6. The molecule has 0 fully saturated rings. The summed E-state index contributed by atoms with van der Waals surface area (Å²) < 4.78 is 6.28. The molecule has 0 bridgehead atoms. The van der Waals surface area contributed by atoms with Crippen molar-refractivity contribution in [2.45, 2.75) is 0 Å². The van der Waals surface area contributed by atoms with Gasteiger partial charge in [0, 0.05) is 27.4 Å². The van der Waals surface area contributed by atoms with Gasteiger partial charge in [0.05, 0.1) is 11.4 Å². The van der Waals surface area contributed by atoms with E-state index in [0.717, 1.165) is 44.9 Å². The third-order valence-electron chi connectivity index (χ3n) is 11.2. The molecule has 10 aromatic carbocycles. The van der Waals surface area contributed by atoms with Gasteiger partial charge in [-0.25, -0.2) is 0 Å². The fourth-order valence-corrected chi connectivity index (χ4v) is 8.50. The zero-order chi connectivity index (χ0) is 37.0. The minimum atomic E-state index is 0.872. The Morgan fingerprint density at radius 3 is 1.75 bits per heavy atom. The summed E-state index contributed by atoms with van der Waals surface area (Å²) in [6.45, 7) is 0. The van der Waals surface area contributed by atoms with Crippen LogP contribution in [0.4, 0.5) is 17.1 Å². The van der Waals surface area contributed by atoms with Gasteiger partial charge in [0.1, 0.15) is 11.3 Å². The van der Waals surface area contributed by atoms with E-state index in [0.29, 0.717) is 0 Å². The summed E-state index contributed by atoms with van der Waals surface area (Å²) in [4.78, 5) is 2.43. The first kappa shape index (κ1) is 32.0. The van der Waals surface area contributed by atoms with E-state index >= 15 is 0 Å². The lowest BCUT2D eigenvalue weighted by Crippen LogP contribution is -2.11. The van der Waals surface area contributed by atoms with Gasteiger partial charge >= 0.3 is 0 Å². The lowest BCUT2D eigenvalue weighted by atomic mass is 9.94. The molecule has 11 aromatic rings. The van der Waals surface area contributed by atoms with E-state index in [1.165, 1.54) is 59.8 Å². The smallest absolute Gasteiger partial charge is 0.135 e. The first-order valence-corrected chi connectivity index (χ1v) is 19.2. The van der Waals surface area contributed by atoms with Gasteiger partial charge in [0.15, 0.2) is 0 Å². The Morgan fingerprint density at radius 2 is 0.911 bits per heavy atom. The predicted molar refractivity (Wildman–Crippen MR) is 237 cm³/mol. The molecule has 0 saturated heterocycles. The van der Waals surface area contributed by atoms with Gasteiger partial charge in [-0.05, 0) is 103 Å². The molecule has 2 heteroatoms. The monoisotopic (exact) mass is 713 g/mol. The second-order valence-electron chi connectivity index (χ2n) is 14.5. The number of para-hydroxylation sites is 1. The molecule has 0 aliphatic heterocycles. The van der Waals surface area contributed by atoms with Crippen LogP contribution < -0.4 is 4.90 Å². The van der Waals surface area contributed by atoms with E-state index in [9.17, 15) is 0 Å². The summed E-state index contributed by atoms with van der Waals surface area (Å²) in [5.41, 5.74) is 10.0. The highest BCUT2D eigenvalue weighted by atomic mass is 16.3. The van der Waals surface area contributed by atoms with Gasteiger partial charge in [-0.2, -0.15) is 0 Å². The minimum Gasteiger partial charge on any atom is -0.456 e. The molecule has 0 amide bonds. The number of benzene rings is 10. The second-order valence-corrected chi connectivity index (χ2v) is 14.5. The van der Waals surface area contributed by atoms with Crippen molar-refractivity contribution < 1.29 is 4.42 Å². The molecular weight excluding hydrogens is 679 g/mol. The highest BCUT2D eigenvalue weighted by Crippen LogP contribution is 2.45. The second kappa shape index (κ2) is 13.2. The molecule has 0 radical (unpaired) electrons. The van der Waals surface area contributed by atoms with Crippen LogP contribution in [0.1, 0.15) is 0 Å². The number of anilines is 3. The molecule has 0 atom stereocenters. The van der Waals surface area contributed by atoms with Crippen LogP contribution in [0.15, 0.2) is 217 Å². The summed E-state index contributed by atoms with van der Waals surface area (Å²) >= 11 is 0. The Bertz CT molecular complexity index is 3220. The number of nitrogens with zero attached hydrogens (tertiary/aromatic N) is 1. The maximum absolute atomic E-state index is 6.28. The quantitative estimate of drug-likeness (QED) is 0.160. The lowest BCUT2D eigenvalue weighted by molar-refractivity contribution is 0.631. The zero-order valence-corrected chi connectivity index (χ0v) is 30.6. The van der Waals surface area contributed by atoms with Crippen LogP contribution in [-0.4, -0.2) is 0 Å². The molecule has 0 spiro atoms. The molecular formula is C54H35NO. The van der Waals surface area contributed by atoms with Crippen molar-refractivity contribution in [2.24, 2.45) is 0 Å². The van der Waals surface area contributed by atoms with E-state index in [4.69, 9.17) is 4.42 Å². The standard InChI is InChI=1S/C54H35NO/c1-4-17-45-38(12-1)23-24-41-33-39(27-30-46(41)45)36-25-28-44(29-26-36)55(51-21-10-14-37-11-2-5-18-48(37)51)52-32-31-47(49-19-6-7-20-50(49)52)40-15-9-16-42(34-40)54-35-43-13-3-8-22-53(43)56-54/h1-35H. The SMILES string of the molecule is c1cc(-c2cc3ccccc3o2)cc(-c2ccc(N(c3ccc(-c4ccc5c(ccc6ccccc65)c4)cc3)c3cccc4ccccc34)c3ccccc23)c1. The average Bonchev–Trinajstić information content (AvgIpc) is 3.71. The van der Waals surface area contributed by atoms with Crippen molar-refractivity contribution in [1.82, 2.24) is 0 Å². The van der Waals surface area contributed by atoms with E-state index in [2.05, 4.69) is 199 Å². The van der Waals surface area contributed by atoms with Crippen LogP contribution in [0.2, 0.25) is 0 Å². The van der Waals surface area contributed by atoms with Crippen LogP contribution in [-0.2, 0) is 0 Å². The highest BCUT2D eigenvalue weighted by Gasteiger charge is 2.20. The Morgan fingerprint density at radius 1 is 0.304 bits per heavy atom. The maximum Gasteiger partial charge on any atom is 0.135 e. The van der Waals surface area contributed by atoms with Crippen molar-refractivity contribution in [3.05, 3.63) is 212 Å². The van der Waals surface area contributed by atoms with Gasteiger partial charge in [-0.15, -0.1) is 0 Å². The fourth-order valence-electron chi connectivity index (χ4n) is 8.50. The molecule has 1 aromatic heterocycles. The molecule has 56 heavy (non-hydrogen) atoms. The topological polar surface area (TPSA) is 16.4 Å². The van der Waals surface area contributed by atoms with E-state index in [1.54, 1.807) is 0 Å². The number of hydrogen-bond donors (Lipinski definition) is 0. The van der Waals surface area contributed by atoms with Crippen LogP contribution in [0.3, 0.4) is 0 Å². The lowest BCUT2D eigenvalue weighted by Gasteiger charge is -2.29. The van der Waals surface area contributed by atoms with Crippen LogP contribution in [0.25, 0.3) is 87.6 Å². The number of rotatable bonds is 6. The normalized spacial score (nSPS) is 11.6. The van der Waals surface area contributed by atoms with Gasteiger partial charge in [-0.1, -0.05) is 164 Å². The first-order chi connectivity index (χ1) is 27.7. The van der Waals surface area contributed by atoms with E-state index in [1.807, 2.05) is 18.2 Å². The van der Waals surface area contributed by atoms with E-state index in [-0.39, 0.29) is 0 Å². The van der Waals surface area contributed by atoms with Crippen molar-refractivity contribution in [3.63, 3.8) is 0 Å². The van der Waals surface area contributed by atoms with Crippen molar-refractivity contribution in [3.8, 4) is 33.6 Å². The molecule has 1 heterocycles. The van der Waals surface area contributed by atoms with Crippen LogP contribution in [0, 0.1) is 0 Å². The molecule has 11 rings (SSSR count). The van der Waals surface area contributed by atoms with E-state index < -0.39 is 0 Å². The minimum absolute atomic E-state index is 0.872. The third kappa shape index (κ3) is 5.42. The summed E-state index contributed by atoms with van der Waals surface area (Å²) in [5, 5.41) is 11.0.